The Kier molecular flexibility index (Phi) is 5.33. The molecule has 0 atom stereocenters. The molecule has 1 N–H and O–H groups in total. The average molecular weight is 423 g/mol. The zero-order chi connectivity index (χ0) is 22.1. The maximum atomic E-state index is 12.7. The lowest BCUT2D eigenvalue weighted by molar-refractivity contribution is -0.123. The summed E-state index contributed by atoms with van der Waals surface area (Å²) in [7, 11) is 1.63. The standard InChI is InChI=1S/C22H21N3O6/c1-3-17(26)13-4-6-19-16(8-13)25(22(29)12-31-19)10-20(27)23-14-5-7-18-15(9-14)24(2)21(28)11-30-18/h4-9H,3,10-12H2,1-2H3,(H,23,27). The van der Waals surface area contributed by atoms with Crippen molar-refractivity contribution in [1.82, 2.24) is 0 Å². The monoisotopic (exact) mass is 423 g/mol. The van der Waals surface area contributed by atoms with Crippen molar-refractivity contribution in [2.24, 2.45) is 0 Å². The lowest BCUT2D eigenvalue weighted by Gasteiger charge is -2.29. The smallest absolute Gasteiger partial charge is 0.265 e. The van der Waals surface area contributed by atoms with E-state index < -0.39 is 5.91 Å². The number of benzene rings is 2. The number of amides is 3. The van der Waals surface area contributed by atoms with Gasteiger partial charge in [0.1, 0.15) is 18.0 Å². The number of carbonyl (C=O) groups is 4. The highest BCUT2D eigenvalue weighted by Crippen LogP contribution is 2.35. The summed E-state index contributed by atoms with van der Waals surface area (Å²) in [6.07, 6.45) is 0.326. The van der Waals surface area contributed by atoms with E-state index in [0.717, 1.165) is 0 Å². The zero-order valence-electron chi connectivity index (χ0n) is 17.1. The Bertz CT molecular complexity index is 1100. The van der Waals surface area contributed by atoms with Gasteiger partial charge in [-0.25, -0.2) is 0 Å². The summed E-state index contributed by atoms with van der Waals surface area (Å²) in [6, 6.07) is 9.82. The quantitative estimate of drug-likeness (QED) is 0.738. The summed E-state index contributed by atoms with van der Waals surface area (Å²) in [5.41, 5.74) is 1.84. The number of ketones is 1. The Morgan fingerprint density at radius 2 is 1.65 bits per heavy atom. The summed E-state index contributed by atoms with van der Waals surface area (Å²) in [5.74, 6) is -0.0901. The van der Waals surface area contributed by atoms with Crippen LogP contribution in [-0.4, -0.2) is 50.3 Å². The van der Waals surface area contributed by atoms with Gasteiger partial charge in [-0.15, -0.1) is 0 Å². The lowest BCUT2D eigenvalue weighted by atomic mass is 10.1. The predicted octanol–water partition coefficient (Wildman–Crippen LogP) is 2.00. The van der Waals surface area contributed by atoms with E-state index >= 15 is 0 Å². The minimum atomic E-state index is -0.431. The minimum absolute atomic E-state index is 0.0315. The van der Waals surface area contributed by atoms with Crippen LogP contribution in [0.25, 0.3) is 0 Å². The summed E-state index contributed by atoms with van der Waals surface area (Å²) >= 11 is 0. The van der Waals surface area contributed by atoms with Gasteiger partial charge >= 0.3 is 0 Å². The van der Waals surface area contributed by atoms with E-state index in [1.54, 1.807) is 50.4 Å². The van der Waals surface area contributed by atoms with Gasteiger partial charge in [0.05, 0.1) is 11.4 Å². The summed E-state index contributed by atoms with van der Waals surface area (Å²) in [4.78, 5) is 51.8. The van der Waals surface area contributed by atoms with E-state index in [-0.39, 0.29) is 37.4 Å². The number of fused-ring (bicyclic) bond motifs is 2. The van der Waals surface area contributed by atoms with Gasteiger partial charge in [0, 0.05) is 24.7 Å². The first kappa shape index (κ1) is 20.4. The first-order valence-electron chi connectivity index (χ1n) is 9.81. The molecule has 0 spiro atoms. The Balaban J connectivity index is 1.54. The van der Waals surface area contributed by atoms with E-state index in [4.69, 9.17) is 9.47 Å². The molecule has 0 aromatic heterocycles. The van der Waals surface area contributed by atoms with Gasteiger partial charge in [0.25, 0.3) is 11.8 Å². The van der Waals surface area contributed by atoms with Gasteiger partial charge in [-0.2, -0.15) is 0 Å². The summed E-state index contributed by atoms with van der Waals surface area (Å²) in [5, 5.41) is 2.74. The van der Waals surface area contributed by atoms with Crippen molar-refractivity contribution in [2.45, 2.75) is 13.3 Å². The molecule has 0 radical (unpaired) electrons. The van der Waals surface area contributed by atoms with E-state index in [9.17, 15) is 19.2 Å². The maximum Gasteiger partial charge on any atom is 0.265 e. The highest BCUT2D eigenvalue weighted by molar-refractivity contribution is 6.07. The second-order valence-corrected chi connectivity index (χ2v) is 7.20. The molecule has 9 nitrogen and oxygen atoms in total. The number of nitrogens with zero attached hydrogens (tertiary/aromatic N) is 2. The van der Waals surface area contributed by atoms with Crippen LogP contribution in [0.15, 0.2) is 36.4 Å². The number of nitrogens with one attached hydrogen (secondary N) is 1. The van der Waals surface area contributed by atoms with Crippen molar-refractivity contribution in [2.75, 3.05) is 41.9 Å². The third-order valence-corrected chi connectivity index (χ3v) is 5.18. The second kappa shape index (κ2) is 8.10. The van der Waals surface area contributed by atoms with Gasteiger partial charge in [0.15, 0.2) is 19.0 Å². The minimum Gasteiger partial charge on any atom is -0.482 e. The van der Waals surface area contributed by atoms with Crippen LogP contribution in [0.5, 0.6) is 11.5 Å². The molecule has 0 saturated heterocycles. The molecule has 0 aliphatic carbocycles. The first-order valence-corrected chi connectivity index (χ1v) is 9.81. The largest absolute Gasteiger partial charge is 0.482 e. The molecule has 9 heteroatoms. The molecule has 2 aliphatic rings. The molecule has 0 unspecified atom stereocenters. The van der Waals surface area contributed by atoms with Crippen LogP contribution < -0.4 is 24.6 Å². The van der Waals surface area contributed by atoms with Gasteiger partial charge in [-0.05, 0) is 36.4 Å². The number of carbonyl (C=O) groups excluding carboxylic acids is 4. The molecule has 2 aliphatic heterocycles. The fraction of sp³-hybridized carbons (Fsp3) is 0.273. The molecule has 0 fully saturated rings. The number of rotatable bonds is 5. The van der Waals surface area contributed by atoms with Crippen LogP contribution in [0.4, 0.5) is 17.1 Å². The van der Waals surface area contributed by atoms with Crippen LogP contribution in [0, 0.1) is 0 Å². The fourth-order valence-corrected chi connectivity index (χ4v) is 3.45. The molecule has 0 bridgehead atoms. The maximum absolute atomic E-state index is 12.7. The normalized spacial score (nSPS) is 14.9. The third kappa shape index (κ3) is 3.94. The van der Waals surface area contributed by atoms with Crippen molar-refractivity contribution < 1.29 is 28.7 Å². The van der Waals surface area contributed by atoms with Gasteiger partial charge in [-0.3, -0.25) is 24.1 Å². The molecule has 2 aromatic carbocycles. The number of Topliss-reactive ketones (excluding diaryl/α,β-unsaturated/α-hetero) is 1. The second-order valence-electron chi connectivity index (χ2n) is 7.20. The Morgan fingerprint density at radius 1 is 0.968 bits per heavy atom. The molecular formula is C22H21N3O6. The van der Waals surface area contributed by atoms with Crippen LogP contribution in [0.1, 0.15) is 23.7 Å². The molecule has 160 valence electrons. The molecule has 0 saturated carbocycles. The number of likely N-dealkylation sites (N-methyl/N-ethyl adjacent to an activating group) is 1. The Labute approximate surface area is 178 Å². The van der Waals surface area contributed by atoms with Crippen molar-refractivity contribution in [3.05, 3.63) is 42.0 Å². The molecular weight excluding hydrogens is 402 g/mol. The van der Waals surface area contributed by atoms with E-state index in [0.29, 0.717) is 40.5 Å². The number of ether oxygens (including phenoxy) is 2. The van der Waals surface area contributed by atoms with Gasteiger partial charge in [0.2, 0.25) is 5.91 Å². The molecule has 4 rings (SSSR count). The molecule has 3 amide bonds. The third-order valence-electron chi connectivity index (χ3n) is 5.18. The van der Waals surface area contributed by atoms with Gasteiger partial charge in [-0.1, -0.05) is 6.92 Å². The number of anilines is 3. The molecule has 2 heterocycles. The van der Waals surface area contributed by atoms with Crippen LogP contribution in [-0.2, 0) is 14.4 Å². The first-order chi connectivity index (χ1) is 14.9. The summed E-state index contributed by atoms with van der Waals surface area (Å²) in [6.45, 7) is 1.28. The lowest BCUT2D eigenvalue weighted by Crippen LogP contribution is -2.43. The number of hydrogen-bond donors (Lipinski definition) is 1. The highest BCUT2D eigenvalue weighted by atomic mass is 16.5. The average Bonchev–Trinajstić information content (AvgIpc) is 2.77. The van der Waals surface area contributed by atoms with E-state index in [1.807, 2.05) is 0 Å². The Hall–Kier alpha value is -3.88. The molecule has 2 aromatic rings. The van der Waals surface area contributed by atoms with Crippen molar-refractivity contribution in [3.63, 3.8) is 0 Å². The van der Waals surface area contributed by atoms with Crippen LogP contribution in [0.3, 0.4) is 0 Å². The van der Waals surface area contributed by atoms with Crippen molar-refractivity contribution in [1.29, 1.82) is 0 Å². The van der Waals surface area contributed by atoms with Crippen molar-refractivity contribution in [3.8, 4) is 11.5 Å². The molecule has 31 heavy (non-hydrogen) atoms. The van der Waals surface area contributed by atoms with Crippen LogP contribution >= 0.6 is 0 Å². The zero-order valence-corrected chi connectivity index (χ0v) is 17.1. The van der Waals surface area contributed by atoms with Crippen molar-refractivity contribution >= 4 is 40.6 Å². The summed E-state index contributed by atoms with van der Waals surface area (Å²) < 4.78 is 10.8. The fourth-order valence-electron chi connectivity index (χ4n) is 3.45. The highest BCUT2D eigenvalue weighted by Gasteiger charge is 2.29. The van der Waals surface area contributed by atoms with E-state index in [1.165, 1.54) is 9.80 Å². The Morgan fingerprint density at radius 3 is 2.39 bits per heavy atom. The SMILES string of the molecule is CCC(=O)c1ccc2c(c1)N(CC(=O)Nc1ccc3c(c1)N(C)C(=O)CO3)C(=O)CO2. The topological polar surface area (TPSA) is 105 Å². The van der Waals surface area contributed by atoms with Crippen LogP contribution in [0.2, 0.25) is 0 Å². The predicted molar refractivity (Wildman–Crippen MR) is 113 cm³/mol. The van der Waals surface area contributed by atoms with E-state index in [2.05, 4.69) is 5.32 Å². The number of hydrogen-bond acceptors (Lipinski definition) is 6. The van der Waals surface area contributed by atoms with Gasteiger partial charge < -0.3 is 19.7 Å².